The van der Waals surface area contributed by atoms with Crippen LogP contribution in [0.25, 0.3) is 0 Å². The smallest absolute Gasteiger partial charge is 1.00 e. The van der Waals surface area contributed by atoms with Crippen LogP contribution in [0.1, 0.15) is 2.85 Å². The van der Waals surface area contributed by atoms with Crippen LogP contribution in [0.15, 0.2) is 0 Å². The summed E-state index contributed by atoms with van der Waals surface area (Å²) in [4.78, 5) is 0. The van der Waals surface area contributed by atoms with Gasteiger partial charge in [0.05, 0.1) is 0 Å². The van der Waals surface area contributed by atoms with E-state index in [9.17, 15) is 0 Å². The van der Waals surface area contributed by atoms with Crippen molar-refractivity contribution in [1.82, 2.24) is 0 Å². The van der Waals surface area contributed by atoms with Gasteiger partial charge in [-0.25, -0.2) is 0 Å². The molecule has 0 aromatic carbocycles. The first-order chi connectivity index (χ1) is 0. The second kappa shape index (κ2) is 18.0. The molecule has 0 N–H and O–H groups in total. The zero-order valence-electron chi connectivity index (χ0n) is 3.79. The van der Waals surface area contributed by atoms with E-state index in [-0.39, 0.29) is 79.8 Å². The number of rotatable bonds is 0. The van der Waals surface area contributed by atoms with E-state index in [1.807, 2.05) is 0 Å². The molecule has 1 radical (unpaired) electrons. The third-order valence-corrected chi connectivity index (χ3v) is 0. The summed E-state index contributed by atoms with van der Waals surface area (Å²) in [5.41, 5.74) is 0. The van der Waals surface area contributed by atoms with E-state index in [1.165, 1.54) is 0 Å². The third kappa shape index (κ3) is 8.82. The summed E-state index contributed by atoms with van der Waals surface area (Å²) in [6, 6.07) is 0. The molecule has 0 aromatic rings. The standard InChI is InChI=1S/Al.Mg.Mn.Zn.5H/q;+2;;;;;;2*-1. The molecule has 0 spiro atoms. The summed E-state index contributed by atoms with van der Waals surface area (Å²) >= 11 is 0. The Morgan fingerprint density at radius 1 is 1.25 bits per heavy atom. The van der Waals surface area contributed by atoms with Crippen LogP contribution >= 0.6 is 0 Å². The number of hydrogen-bond donors (Lipinski definition) is 0. The predicted molar refractivity (Wildman–Crippen MR) is 17.9 cm³/mol. The molecule has 0 heterocycles. The van der Waals surface area contributed by atoms with Gasteiger partial charge in [0.1, 0.15) is 0 Å². The van der Waals surface area contributed by atoms with Crippen molar-refractivity contribution in [2.75, 3.05) is 0 Å². The summed E-state index contributed by atoms with van der Waals surface area (Å²) in [6.45, 7) is 0. The van der Waals surface area contributed by atoms with Crippen LogP contribution in [-0.4, -0.2) is 40.4 Å². The molecule has 0 saturated heterocycles. The topological polar surface area (TPSA) is 0 Å². The zero-order chi connectivity index (χ0) is 0. The maximum Gasteiger partial charge on any atom is 2.00 e. The summed E-state index contributed by atoms with van der Waals surface area (Å²) < 4.78 is 0. The molecule has 0 nitrogen and oxygen atoms in total. The normalized spacial score (nSPS) is 0. The Morgan fingerprint density at radius 2 is 1.25 bits per heavy atom. The molecule has 4 heteroatoms. The molecule has 0 bridgehead atoms. The second-order valence-corrected chi connectivity index (χ2v) is 0. The van der Waals surface area contributed by atoms with E-state index in [1.54, 1.807) is 0 Å². The first-order valence-corrected chi connectivity index (χ1v) is 0. The van der Waals surface area contributed by atoms with Crippen LogP contribution in [-0.2, 0) is 36.5 Å². The molecule has 0 aromatic heterocycles. The first kappa shape index (κ1) is 32.0. The van der Waals surface area contributed by atoms with Crippen molar-refractivity contribution in [3.05, 3.63) is 0 Å². The fraction of sp³-hybridized carbons (Fsp3) is 0. The average Bonchev–Trinajstić information content (AvgIpc) is 0. The van der Waals surface area contributed by atoms with Gasteiger partial charge in [0, 0.05) is 36.5 Å². The molecule has 0 aliphatic rings. The quantitative estimate of drug-likeness (QED) is 0.401. The van der Waals surface area contributed by atoms with Gasteiger partial charge in [0.15, 0.2) is 17.4 Å². The van der Waals surface area contributed by atoms with Gasteiger partial charge in [0.2, 0.25) is 0 Å². The Labute approximate surface area is 79.0 Å². The molecule has 19 valence electrons. The Kier molecular flexibility index (Phi) is 144. The van der Waals surface area contributed by atoms with E-state index in [0.29, 0.717) is 0 Å². The minimum absolute atomic E-state index is 0. The predicted octanol–water partition coefficient (Wildman–Crippen LogP) is -1.34. The molecular formula is H5AlMgMnZn. The summed E-state index contributed by atoms with van der Waals surface area (Å²) in [6.07, 6.45) is 0. The van der Waals surface area contributed by atoms with Crippen molar-refractivity contribution in [1.29, 1.82) is 0 Å². The third-order valence-electron chi connectivity index (χ3n) is 0. The van der Waals surface area contributed by atoms with Gasteiger partial charge in [-0.3, -0.25) is 0 Å². The van der Waals surface area contributed by atoms with E-state index >= 15 is 0 Å². The first-order valence-electron chi connectivity index (χ1n) is 0. The fourth-order valence-electron chi connectivity index (χ4n) is 0. The Morgan fingerprint density at radius 3 is 1.25 bits per heavy atom. The van der Waals surface area contributed by atoms with Gasteiger partial charge in [0.25, 0.3) is 0 Å². The summed E-state index contributed by atoms with van der Waals surface area (Å²) in [5, 5.41) is 0. The van der Waals surface area contributed by atoms with Crippen molar-refractivity contribution >= 4 is 40.4 Å². The maximum atomic E-state index is 0. The zero-order valence-corrected chi connectivity index (χ0v) is 7.35. The van der Waals surface area contributed by atoms with Gasteiger partial charge in [-0.15, -0.1) is 0 Å². The monoisotopic (exact) mass is 175 g/mol. The van der Waals surface area contributed by atoms with Crippen LogP contribution < -0.4 is 0 Å². The van der Waals surface area contributed by atoms with E-state index < -0.39 is 0 Å². The van der Waals surface area contributed by atoms with Gasteiger partial charge in [-0.2, -0.15) is 0 Å². The molecule has 4 heavy (non-hydrogen) atoms. The second-order valence-electron chi connectivity index (χ2n) is 0. The molecule has 0 rings (SSSR count). The van der Waals surface area contributed by atoms with Gasteiger partial charge < -0.3 is 2.85 Å². The largest absolute Gasteiger partial charge is 2.00 e. The average molecular weight is 177 g/mol. The van der Waals surface area contributed by atoms with Crippen LogP contribution in [0.2, 0.25) is 0 Å². The Hall–Kier alpha value is 2.44. The SMILES string of the molecule is [AlH3].[H-].[H-].[Mg+2].[Mn].[Zn]. The maximum absolute atomic E-state index is 0. The Bertz CT molecular complexity index is 13.5. The van der Waals surface area contributed by atoms with Crippen molar-refractivity contribution in [2.45, 2.75) is 0 Å². The minimum atomic E-state index is 0. The van der Waals surface area contributed by atoms with Gasteiger partial charge in [-0.1, -0.05) is 0 Å². The van der Waals surface area contributed by atoms with E-state index in [2.05, 4.69) is 0 Å². The van der Waals surface area contributed by atoms with Crippen molar-refractivity contribution in [3.63, 3.8) is 0 Å². The summed E-state index contributed by atoms with van der Waals surface area (Å²) in [5.74, 6) is 0. The van der Waals surface area contributed by atoms with Crippen LogP contribution in [0.4, 0.5) is 0 Å². The van der Waals surface area contributed by atoms with Gasteiger partial charge >= 0.3 is 23.1 Å². The molecular weight excluding hydrogens is 172 g/mol. The summed E-state index contributed by atoms with van der Waals surface area (Å²) in [7, 11) is 0. The van der Waals surface area contributed by atoms with Crippen LogP contribution in [0.5, 0.6) is 0 Å². The van der Waals surface area contributed by atoms with Crippen molar-refractivity contribution in [2.24, 2.45) is 0 Å². The minimum Gasteiger partial charge on any atom is -1.00 e. The molecule has 0 saturated carbocycles. The van der Waals surface area contributed by atoms with E-state index in [0.717, 1.165) is 0 Å². The fourth-order valence-corrected chi connectivity index (χ4v) is 0. The van der Waals surface area contributed by atoms with Gasteiger partial charge in [-0.05, 0) is 0 Å². The van der Waals surface area contributed by atoms with Crippen LogP contribution in [0.3, 0.4) is 0 Å². The molecule has 0 aliphatic heterocycles. The van der Waals surface area contributed by atoms with Crippen molar-refractivity contribution in [3.8, 4) is 0 Å². The molecule has 0 atom stereocenters. The molecule has 0 amide bonds. The van der Waals surface area contributed by atoms with Crippen LogP contribution in [0, 0.1) is 0 Å². The Balaban J connectivity index is 0. The molecule has 0 aliphatic carbocycles. The van der Waals surface area contributed by atoms with Crippen molar-refractivity contribution < 1.29 is 39.4 Å². The molecule has 0 unspecified atom stereocenters. The molecule has 0 fully saturated rings. The number of hydrogen-bond acceptors (Lipinski definition) is 0. The van der Waals surface area contributed by atoms with E-state index in [4.69, 9.17) is 0 Å².